The number of amides is 1. The van der Waals surface area contributed by atoms with E-state index in [4.69, 9.17) is 4.42 Å². The Balaban J connectivity index is 1.39. The molecule has 158 valence electrons. The standard InChI is InChI=1S/C25H20N4O2S/c30-23(26-16-18-9-3-1-4-10-18)17-32-25-28-27-24(29(25)20-12-5-2-6-13-20)22-15-19-11-7-8-14-21(19)31-22/h1-15H,16-17H2,(H,26,30). The van der Waals surface area contributed by atoms with Gasteiger partial charge in [0.1, 0.15) is 5.58 Å². The molecule has 0 saturated heterocycles. The van der Waals surface area contributed by atoms with Crippen molar-refractivity contribution in [1.29, 1.82) is 0 Å². The van der Waals surface area contributed by atoms with Crippen molar-refractivity contribution in [3.63, 3.8) is 0 Å². The zero-order chi connectivity index (χ0) is 21.8. The van der Waals surface area contributed by atoms with Gasteiger partial charge < -0.3 is 9.73 Å². The Labute approximate surface area is 189 Å². The summed E-state index contributed by atoms with van der Waals surface area (Å²) in [4.78, 5) is 12.4. The van der Waals surface area contributed by atoms with E-state index in [1.54, 1.807) is 0 Å². The van der Waals surface area contributed by atoms with E-state index in [-0.39, 0.29) is 11.7 Å². The molecule has 6 nitrogen and oxygen atoms in total. The minimum Gasteiger partial charge on any atom is -0.453 e. The van der Waals surface area contributed by atoms with Crippen LogP contribution >= 0.6 is 11.8 Å². The summed E-state index contributed by atoms with van der Waals surface area (Å²) in [5.41, 5.74) is 2.75. The fraction of sp³-hybridized carbons (Fsp3) is 0.0800. The number of benzene rings is 3. The number of furan rings is 1. The van der Waals surface area contributed by atoms with Crippen LogP contribution in [0.3, 0.4) is 0 Å². The van der Waals surface area contributed by atoms with Crippen LogP contribution in [-0.4, -0.2) is 26.4 Å². The molecule has 0 fully saturated rings. The highest BCUT2D eigenvalue weighted by Gasteiger charge is 2.20. The summed E-state index contributed by atoms with van der Waals surface area (Å²) in [6.45, 7) is 0.496. The van der Waals surface area contributed by atoms with E-state index in [9.17, 15) is 4.79 Å². The molecule has 5 aromatic rings. The first-order chi connectivity index (χ1) is 15.8. The molecular formula is C25H20N4O2S. The van der Waals surface area contributed by atoms with Gasteiger partial charge in [-0.05, 0) is 29.8 Å². The lowest BCUT2D eigenvalue weighted by Gasteiger charge is -2.09. The van der Waals surface area contributed by atoms with E-state index in [0.29, 0.717) is 23.3 Å². The van der Waals surface area contributed by atoms with Gasteiger partial charge in [0.05, 0.1) is 5.75 Å². The van der Waals surface area contributed by atoms with Crippen molar-refractivity contribution >= 4 is 28.6 Å². The summed E-state index contributed by atoms with van der Waals surface area (Å²) < 4.78 is 7.95. The third-order valence-electron chi connectivity index (χ3n) is 4.96. The minimum absolute atomic E-state index is 0.0632. The molecule has 0 bridgehead atoms. The molecule has 1 amide bonds. The Bertz CT molecular complexity index is 1310. The van der Waals surface area contributed by atoms with E-state index in [1.165, 1.54) is 11.8 Å². The molecule has 1 N–H and O–H groups in total. The van der Waals surface area contributed by atoms with Crippen LogP contribution in [0, 0.1) is 0 Å². The molecule has 7 heteroatoms. The number of hydrogen-bond acceptors (Lipinski definition) is 5. The largest absolute Gasteiger partial charge is 0.453 e. The topological polar surface area (TPSA) is 73.0 Å². The Morgan fingerprint density at radius 1 is 0.906 bits per heavy atom. The Kier molecular flexibility index (Phi) is 5.72. The van der Waals surface area contributed by atoms with Crippen LogP contribution < -0.4 is 5.32 Å². The lowest BCUT2D eigenvalue weighted by atomic mass is 10.2. The Hall–Kier alpha value is -3.84. The predicted molar refractivity (Wildman–Crippen MR) is 126 cm³/mol. The Morgan fingerprint density at radius 2 is 1.62 bits per heavy atom. The zero-order valence-electron chi connectivity index (χ0n) is 17.1. The molecule has 0 aliphatic carbocycles. The summed E-state index contributed by atoms with van der Waals surface area (Å²) in [6.07, 6.45) is 0. The van der Waals surface area contributed by atoms with Crippen molar-refractivity contribution < 1.29 is 9.21 Å². The first-order valence-electron chi connectivity index (χ1n) is 10.2. The molecule has 0 aliphatic rings. The van der Waals surface area contributed by atoms with Crippen molar-refractivity contribution in [3.05, 3.63) is 96.6 Å². The number of fused-ring (bicyclic) bond motifs is 1. The summed E-state index contributed by atoms with van der Waals surface area (Å²) in [7, 11) is 0. The number of carbonyl (C=O) groups excluding carboxylic acids is 1. The minimum atomic E-state index is -0.0632. The molecule has 2 aromatic heterocycles. The number of rotatable bonds is 7. The third kappa shape index (κ3) is 4.29. The number of thioether (sulfide) groups is 1. The van der Waals surface area contributed by atoms with Gasteiger partial charge in [0.2, 0.25) is 11.7 Å². The molecule has 0 saturated carbocycles. The van der Waals surface area contributed by atoms with Crippen LogP contribution in [0.4, 0.5) is 0 Å². The van der Waals surface area contributed by atoms with Gasteiger partial charge in [-0.15, -0.1) is 10.2 Å². The number of aromatic nitrogens is 3. The van der Waals surface area contributed by atoms with Crippen LogP contribution in [0.25, 0.3) is 28.2 Å². The number of hydrogen-bond donors (Lipinski definition) is 1. The van der Waals surface area contributed by atoms with E-state index < -0.39 is 0 Å². The molecule has 5 rings (SSSR count). The molecule has 2 heterocycles. The van der Waals surface area contributed by atoms with E-state index >= 15 is 0 Å². The first-order valence-corrected chi connectivity index (χ1v) is 11.2. The monoisotopic (exact) mass is 440 g/mol. The van der Waals surface area contributed by atoms with Crippen LogP contribution in [0.5, 0.6) is 0 Å². The predicted octanol–water partition coefficient (Wildman–Crippen LogP) is 5.09. The van der Waals surface area contributed by atoms with Crippen LogP contribution in [-0.2, 0) is 11.3 Å². The second kappa shape index (κ2) is 9.11. The zero-order valence-corrected chi connectivity index (χ0v) is 18.0. The molecular weight excluding hydrogens is 420 g/mol. The molecule has 32 heavy (non-hydrogen) atoms. The van der Waals surface area contributed by atoms with Crippen molar-refractivity contribution in [2.24, 2.45) is 0 Å². The molecule has 0 aliphatic heterocycles. The first kappa shape index (κ1) is 20.1. The highest BCUT2D eigenvalue weighted by atomic mass is 32.2. The van der Waals surface area contributed by atoms with Gasteiger partial charge in [-0.1, -0.05) is 78.5 Å². The fourth-order valence-electron chi connectivity index (χ4n) is 3.40. The Morgan fingerprint density at radius 3 is 2.41 bits per heavy atom. The van der Waals surface area contributed by atoms with Crippen molar-refractivity contribution in [2.45, 2.75) is 11.7 Å². The fourth-order valence-corrected chi connectivity index (χ4v) is 4.18. The van der Waals surface area contributed by atoms with Crippen molar-refractivity contribution in [1.82, 2.24) is 20.1 Å². The number of carbonyl (C=O) groups is 1. The lowest BCUT2D eigenvalue weighted by molar-refractivity contribution is -0.118. The van der Waals surface area contributed by atoms with E-state index in [0.717, 1.165) is 22.2 Å². The number of nitrogens with zero attached hydrogens (tertiary/aromatic N) is 3. The molecule has 0 unspecified atom stereocenters. The summed E-state index contributed by atoms with van der Waals surface area (Å²) in [6, 6.07) is 29.5. The number of para-hydroxylation sites is 2. The number of nitrogens with one attached hydrogen (secondary N) is 1. The van der Waals surface area contributed by atoms with Gasteiger partial charge in [-0.3, -0.25) is 9.36 Å². The SMILES string of the molecule is O=C(CSc1nnc(-c2cc3ccccc3o2)n1-c1ccccc1)NCc1ccccc1. The molecule has 0 radical (unpaired) electrons. The summed E-state index contributed by atoms with van der Waals surface area (Å²) in [5.74, 6) is 1.40. The molecule has 0 spiro atoms. The quantitative estimate of drug-likeness (QED) is 0.357. The van der Waals surface area contributed by atoms with Gasteiger partial charge >= 0.3 is 0 Å². The van der Waals surface area contributed by atoms with Gasteiger partial charge in [0, 0.05) is 17.6 Å². The maximum atomic E-state index is 12.4. The maximum absolute atomic E-state index is 12.4. The molecule has 3 aromatic carbocycles. The summed E-state index contributed by atoms with van der Waals surface area (Å²) >= 11 is 1.34. The highest BCUT2D eigenvalue weighted by Crippen LogP contribution is 2.31. The van der Waals surface area contributed by atoms with Gasteiger partial charge in [0.25, 0.3) is 0 Å². The van der Waals surface area contributed by atoms with Crippen LogP contribution in [0.2, 0.25) is 0 Å². The van der Waals surface area contributed by atoms with Crippen LogP contribution in [0.1, 0.15) is 5.56 Å². The van der Waals surface area contributed by atoms with Crippen LogP contribution in [0.15, 0.2) is 101 Å². The van der Waals surface area contributed by atoms with Crippen molar-refractivity contribution in [2.75, 3.05) is 5.75 Å². The third-order valence-corrected chi connectivity index (χ3v) is 5.89. The van der Waals surface area contributed by atoms with Gasteiger partial charge in [-0.2, -0.15) is 0 Å². The van der Waals surface area contributed by atoms with Gasteiger partial charge in [0.15, 0.2) is 10.9 Å². The highest BCUT2D eigenvalue weighted by molar-refractivity contribution is 7.99. The van der Waals surface area contributed by atoms with E-state index in [2.05, 4.69) is 15.5 Å². The lowest BCUT2D eigenvalue weighted by Crippen LogP contribution is -2.24. The molecule has 0 atom stereocenters. The van der Waals surface area contributed by atoms with Crippen molar-refractivity contribution in [3.8, 4) is 17.3 Å². The maximum Gasteiger partial charge on any atom is 0.230 e. The second-order valence-corrected chi connectivity index (χ2v) is 8.12. The normalized spacial score (nSPS) is 11.0. The smallest absolute Gasteiger partial charge is 0.230 e. The summed E-state index contributed by atoms with van der Waals surface area (Å²) in [5, 5.41) is 13.3. The van der Waals surface area contributed by atoms with Gasteiger partial charge in [-0.25, -0.2) is 0 Å². The van der Waals surface area contributed by atoms with E-state index in [1.807, 2.05) is 95.6 Å². The second-order valence-electron chi connectivity index (χ2n) is 7.18. The average Bonchev–Trinajstić information content (AvgIpc) is 3.46. The average molecular weight is 441 g/mol.